The van der Waals surface area contributed by atoms with Gasteiger partial charge in [-0.05, 0) is 69.1 Å². The van der Waals surface area contributed by atoms with Crippen LogP contribution in [0.5, 0.6) is 5.75 Å². The summed E-state index contributed by atoms with van der Waals surface area (Å²) in [6, 6.07) is 14.3. The largest absolute Gasteiger partial charge is 0.497 e. The molecule has 4 rings (SSSR count). The molecule has 6 nitrogen and oxygen atoms in total. The summed E-state index contributed by atoms with van der Waals surface area (Å²) < 4.78 is 5.28. The average Bonchev–Trinajstić information content (AvgIpc) is 3.15. The third-order valence-electron chi connectivity index (χ3n) is 6.75. The second kappa shape index (κ2) is 9.33. The molecule has 1 fully saturated rings. The minimum absolute atomic E-state index is 0.105. The van der Waals surface area contributed by atoms with Gasteiger partial charge in [-0.1, -0.05) is 36.8 Å². The summed E-state index contributed by atoms with van der Waals surface area (Å²) in [6.45, 7) is 7.44. The summed E-state index contributed by atoms with van der Waals surface area (Å²) in [5.41, 5.74) is 2.27. The summed E-state index contributed by atoms with van der Waals surface area (Å²) in [5, 5.41) is 3.17. The van der Waals surface area contributed by atoms with Gasteiger partial charge < -0.3 is 15.0 Å². The number of methoxy groups -OCH3 is 1. The first-order valence-corrected chi connectivity index (χ1v) is 11.5. The predicted molar refractivity (Wildman–Crippen MR) is 125 cm³/mol. The maximum absolute atomic E-state index is 13.6. The molecule has 0 radical (unpaired) electrons. The fourth-order valence-corrected chi connectivity index (χ4v) is 4.76. The van der Waals surface area contributed by atoms with Crippen molar-refractivity contribution in [3.8, 4) is 5.75 Å². The van der Waals surface area contributed by atoms with E-state index in [-0.39, 0.29) is 17.4 Å². The SMILES string of the molecule is COc1ccc([C@@H](C(=O)NCC(C)(C)N2CCCCC2)N2Cc3ccccc3C2=O)cc1. The van der Waals surface area contributed by atoms with E-state index in [1.807, 2.05) is 48.5 Å². The van der Waals surface area contributed by atoms with Crippen molar-refractivity contribution in [2.24, 2.45) is 0 Å². The van der Waals surface area contributed by atoms with Crippen molar-refractivity contribution in [3.05, 3.63) is 65.2 Å². The second-order valence-electron chi connectivity index (χ2n) is 9.34. The minimum Gasteiger partial charge on any atom is -0.497 e. The van der Waals surface area contributed by atoms with Gasteiger partial charge in [-0.2, -0.15) is 0 Å². The number of nitrogens with one attached hydrogen (secondary N) is 1. The van der Waals surface area contributed by atoms with E-state index in [4.69, 9.17) is 4.74 Å². The predicted octanol–water partition coefficient (Wildman–Crippen LogP) is 3.77. The molecule has 0 aromatic heterocycles. The van der Waals surface area contributed by atoms with Gasteiger partial charge in [0.2, 0.25) is 5.91 Å². The zero-order valence-corrected chi connectivity index (χ0v) is 19.3. The third-order valence-corrected chi connectivity index (χ3v) is 6.75. The van der Waals surface area contributed by atoms with Crippen molar-refractivity contribution < 1.29 is 14.3 Å². The Labute approximate surface area is 190 Å². The molecule has 1 N–H and O–H groups in total. The van der Waals surface area contributed by atoms with Gasteiger partial charge in [-0.25, -0.2) is 0 Å². The van der Waals surface area contributed by atoms with Crippen molar-refractivity contribution in [2.45, 2.75) is 51.2 Å². The zero-order valence-electron chi connectivity index (χ0n) is 19.3. The number of fused-ring (bicyclic) bond motifs is 1. The number of piperidine rings is 1. The molecule has 2 aromatic rings. The van der Waals surface area contributed by atoms with Gasteiger partial charge in [-0.15, -0.1) is 0 Å². The number of hydrogen-bond donors (Lipinski definition) is 1. The molecule has 2 heterocycles. The van der Waals surface area contributed by atoms with Gasteiger partial charge in [0.25, 0.3) is 5.91 Å². The lowest BCUT2D eigenvalue weighted by atomic mass is 9.97. The van der Waals surface area contributed by atoms with E-state index in [9.17, 15) is 9.59 Å². The molecule has 0 unspecified atom stereocenters. The molecule has 0 saturated carbocycles. The van der Waals surface area contributed by atoms with Crippen molar-refractivity contribution in [3.63, 3.8) is 0 Å². The Morgan fingerprint density at radius 1 is 1.06 bits per heavy atom. The van der Waals surface area contributed by atoms with Gasteiger partial charge >= 0.3 is 0 Å². The smallest absolute Gasteiger partial charge is 0.255 e. The van der Waals surface area contributed by atoms with Crippen LogP contribution in [0.25, 0.3) is 0 Å². The molecule has 2 aliphatic rings. The van der Waals surface area contributed by atoms with Crippen LogP contribution >= 0.6 is 0 Å². The van der Waals surface area contributed by atoms with E-state index >= 15 is 0 Å². The molecule has 2 aromatic carbocycles. The summed E-state index contributed by atoms with van der Waals surface area (Å²) >= 11 is 0. The van der Waals surface area contributed by atoms with Crippen LogP contribution in [-0.2, 0) is 11.3 Å². The van der Waals surface area contributed by atoms with E-state index < -0.39 is 6.04 Å². The Kier molecular flexibility index (Phi) is 6.51. The second-order valence-corrected chi connectivity index (χ2v) is 9.34. The quantitative estimate of drug-likeness (QED) is 0.719. The highest BCUT2D eigenvalue weighted by atomic mass is 16.5. The number of amides is 2. The van der Waals surface area contributed by atoms with Gasteiger partial charge in [0.05, 0.1) is 7.11 Å². The normalized spacial score (nSPS) is 17.7. The lowest BCUT2D eigenvalue weighted by Crippen LogP contribution is -2.54. The number of carbonyl (C=O) groups is 2. The topological polar surface area (TPSA) is 61.9 Å². The van der Waals surface area contributed by atoms with E-state index in [0.29, 0.717) is 18.7 Å². The van der Waals surface area contributed by atoms with Crippen LogP contribution in [0.3, 0.4) is 0 Å². The Bertz CT molecular complexity index is 965. The first kappa shape index (κ1) is 22.3. The van der Waals surface area contributed by atoms with Crippen LogP contribution in [0.15, 0.2) is 48.5 Å². The van der Waals surface area contributed by atoms with Crippen LogP contribution in [0, 0.1) is 0 Å². The van der Waals surface area contributed by atoms with Crippen molar-refractivity contribution in [1.29, 1.82) is 0 Å². The van der Waals surface area contributed by atoms with E-state index in [1.54, 1.807) is 12.0 Å². The van der Waals surface area contributed by atoms with Gasteiger partial charge in [-0.3, -0.25) is 14.5 Å². The van der Waals surface area contributed by atoms with Crippen LogP contribution in [-0.4, -0.2) is 53.9 Å². The molecule has 6 heteroatoms. The maximum Gasteiger partial charge on any atom is 0.255 e. The number of ether oxygens (including phenoxy) is 1. The highest BCUT2D eigenvalue weighted by molar-refractivity contribution is 6.01. The van der Waals surface area contributed by atoms with Gasteiger partial charge in [0.15, 0.2) is 0 Å². The standard InChI is InChI=1S/C26H33N3O3/c1-26(2,28-15-7-4-8-16-28)18-27-24(30)23(19-11-13-21(32-3)14-12-19)29-17-20-9-5-6-10-22(20)25(29)31/h5-6,9-14,23H,4,7-8,15-18H2,1-3H3,(H,27,30)/t23-/m0/s1. The average molecular weight is 436 g/mol. The molecule has 32 heavy (non-hydrogen) atoms. The van der Waals surface area contributed by atoms with Crippen LogP contribution in [0.4, 0.5) is 0 Å². The molecule has 170 valence electrons. The van der Waals surface area contributed by atoms with Crippen LogP contribution in [0.2, 0.25) is 0 Å². The molecular weight excluding hydrogens is 402 g/mol. The fourth-order valence-electron chi connectivity index (χ4n) is 4.76. The minimum atomic E-state index is -0.696. The number of rotatable bonds is 7. The zero-order chi connectivity index (χ0) is 22.7. The highest BCUT2D eigenvalue weighted by Crippen LogP contribution is 2.32. The molecular formula is C26H33N3O3. The lowest BCUT2D eigenvalue weighted by Gasteiger charge is -2.41. The first-order chi connectivity index (χ1) is 15.4. The number of nitrogens with zero attached hydrogens (tertiary/aromatic N) is 2. The van der Waals surface area contributed by atoms with Crippen molar-refractivity contribution in [2.75, 3.05) is 26.7 Å². The third kappa shape index (κ3) is 4.51. The molecule has 2 aliphatic heterocycles. The Hall–Kier alpha value is -2.86. The Morgan fingerprint density at radius 2 is 1.75 bits per heavy atom. The molecule has 1 atom stereocenters. The van der Waals surface area contributed by atoms with Gasteiger partial charge in [0.1, 0.15) is 11.8 Å². The Balaban J connectivity index is 1.56. The summed E-state index contributed by atoms with van der Waals surface area (Å²) in [7, 11) is 1.61. The number of hydrogen-bond acceptors (Lipinski definition) is 4. The maximum atomic E-state index is 13.6. The molecule has 0 bridgehead atoms. The number of benzene rings is 2. The molecule has 0 spiro atoms. The first-order valence-electron chi connectivity index (χ1n) is 11.5. The molecule has 2 amide bonds. The fraction of sp³-hybridized carbons (Fsp3) is 0.462. The molecule has 0 aliphatic carbocycles. The van der Waals surface area contributed by atoms with Crippen molar-refractivity contribution >= 4 is 11.8 Å². The summed E-state index contributed by atoms with van der Waals surface area (Å²) in [6.07, 6.45) is 3.68. The summed E-state index contributed by atoms with van der Waals surface area (Å²) in [5.74, 6) is 0.462. The summed E-state index contributed by atoms with van der Waals surface area (Å²) in [4.78, 5) is 30.9. The number of likely N-dealkylation sites (tertiary alicyclic amines) is 1. The highest BCUT2D eigenvalue weighted by Gasteiger charge is 2.38. The Morgan fingerprint density at radius 3 is 2.41 bits per heavy atom. The van der Waals surface area contributed by atoms with E-state index in [2.05, 4.69) is 24.1 Å². The van der Waals surface area contributed by atoms with Crippen LogP contribution < -0.4 is 10.1 Å². The monoisotopic (exact) mass is 435 g/mol. The lowest BCUT2D eigenvalue weighted by molar-refractivity contribution is -0.126. The van der Waals surface area contributed by atoms with E-state index in [0.717, 1.165) is 30.0 Å². The van der Waals surface area contributed by atoms with Crippen LogP contribution in [0.1, 0.15) is 60.6 Å². The number of carbonyl (C=O) groups excluding carboxylic acids is 2. The van der Waals surface area contributed by atoms with Crippen molar-refractivity contribution in [1.82, 2.24) is 15.1 Å². The molecule has 1 saturated heterocycles. The van der Waals surface area contributed by atoms with E-state index in [1.165, 1.54) is 19.3 Å². The van der Waals surface area contributed by atoms with Gasteiger partial charge in [0, 0.05) is 24.2 Å².